The Kier molecular flexibility index (Phi) is 10.7. The maximum Gasteiger partial charge on any atom is 0.122 e. The number of hydrogen-bond donors (Lipinski definition) is 0. The minimum absolute atomic E-state index is 0.00289. The molecule has 0 amide bonds. The van der Waals surface area contributed by atoms with Gasteiger partial charge in [-0.25, -0.2) is 0 Å². The number of nitrogens with zero attached hydrogens (tertiary/aromatic N) is 2. The first-order valence-electron chi connectivity index (χ1n) is 12.9. The van der Waals surface area contributed by atoms with Crippen molar-refractivity contribution in [2.24, 2.45) is 5.41 Å². The summed E-state index contributed by atoms with van der Waals surface area (Å²) >= 11 is 6.54. The number of ether oxygens (including phenoxy) is 1. The highest BCUT2D eigenvalue weighted by atomic mass is 35.5. The molecule has 3 nitrogen and oxygen atoms in total. The average Bonchev–Trinajstić information content (AvgIpc) is 2.78. The molecular weight excluding hydrogens is 452 g/mol. The summed E-state index contributed by atoms with van der Waals surface area (Å²) in [5.41, 5.74) is 4.01. The van der Waals surface area contributed by atoms with Crippen LogP contribution in [0.2, 0.25) is 5.02 Å². The van der Waals surface area contributed by atoms with Crippen LogP contribution in [-0.2, 0) is 11.8 Å². The molecule has 0 heterocycles. The van der Waals surface area contributed by atoms with Crippen molar-refractivity contribution in [2.75, 3.05) is 6.61 Å². The fourth-order valence-corrected chi connectivity index (χ4v) is 5.15. The number of halogens is 1. The third kappa shape index (κ3) is 8.91. The van der Waals surface area contributed by atoms with Crippen molar-refractivity contribution < 1.29 is 4.74 Å². The molecule has 2 aromatic carbocycles. The number of hydrogen-bond acceptors (Lipinski definition) is 3. The van der Waals surface area contributed by atoms with Gasteiger partial charge < -0.3 is 4.74 Å². The highest BCUT2D eigenvalue weighted by molar-refractivity contribution is 6.31. The molecule has 0 spiro atoms. The van der Waals surface area contributed by atoms with Crippen molar-refractivity contribution in [3.8, 4) is 17.9 Å². The molecular formula is C31H41ClN2O. The smallest absolute Gasteiger partial charge is 0.122 e. The quantitative estimate of drug-likeness (QED) is 0.277. The Morgan fingerprint density at radius 2 is 1.46 bits per heavy atom. The van der Waals surface area contributed by atoms with Crippen LogP contribution < -0.4 is 4.74 Å². The van der Waals surface area contributed by atoms with Crippen molar-refractivity contribution in [3.05, 3.63) is 63.2 Å². The van der Waals surface area contributed by atoms with E-state index in [1.807, 2.05) is 0 Å². The van der Waals surface area contributed by atoms with Crippen molar-refractivity contribution in [3.63, 3.8) is 0 Å². The Balaban J connectivity index is 2.34. The van der Waals surface area contributed by atoms with Crippen LogP contribution in [-0.4, -0.2) is 6.61 Å². The van der Waals surface area contributed by atoms with Crippen LogP contribution in [0.4, 0.5) is 0 Å². The van der Waals surface area contributed by atoms with Crippen LogP contribution in [0.5, 0.6) is 5.75 Å². The molecule has 0 aliphatic rings. The zero-order valence-corrected chi connectivity index (χ0v) is 23.2. The van der Waals surface area contributed by atoms with Gasteiger partial charge in [-0.05, 0) is 58.6 Å². The summed E-state index contributed by atoms with van der Waals surface area (Å²) in [4.78, 5) is 0. The van der Waals surface area contributed by atoms with Gasteiger partial charge in [0, 0.05) is 11.4 Å². The Labute approximate surface area is 218 Å². The van der Waals surface area contributed by atoms with Crippen LogP contribution >= 0.6 is 11.6 Å². The van der Waals surface area contributed by atoms with Crippen LogP contribution in [0, 0.1) is 28.1 Å². The zero-order chi connectivity index (χ0) is 26.1. The molecule has 0 saturated carbocycles. The first kappa shape index (κ1) is 28.7. The molecule has 2 rings (SSSR count). The number of unbranched alkanes of at least 4 members (excludes halogenated alkanes) is 5. The van der Waals surface area contributed by atoms with Crippen LogP contribution in [0.15, 0.2) is 30.3 Å². The Hall–Kier alpha value is -2.49. The normalized spacial score (nSPS) is 11.7. The summed E-state index contributed by atoms with van der Waals surface area (Å²) in [6.45, 7) is 14.3. The predicted octanol–water partition coefficient (Wildman–Crippen LogP) is 9.13. The van der Waals surface area contributed by atoms with Crippen LogP contribution in [0.25, 0.3) is 0 Å². The first-order valence-corrected chi connectivity index (χ1v) is 13.3. The van der Waals surface area contributed by atoms with E-state index in [1.54, 1.807) is 12.1 Å². The van der Waals surface area contributed by atoms with Crippen molar-refractivity contribution in [1.29, 1.82) is 10.5 Å². The third-order valence-electron chi connectivity index (χ3n) is 6.38. The molecule has 0 unspecified atom stereocenters. The van der Waals surface area contributed by atoms with E-state index < -0.39 is 0 Å². The number of benzene rings is 2. The summed E-state index contributed by atoms with van der Waals surface area (Å²) in [6, 6.07) is 14.0. The molecule has 0 aliphatic carbocycles. The standard InChI is InChI=1S/C31H41ClN2O/c1-7-8-9-10-11-12-15-35-29-14-13-27(31(5,6)22-30(2,3)4)18-24(29)16-23-17-25(20-33)26(21-34)19-28(23)32/h13-14,17-19H,7-12,15-16,22H2,1-6H3. The van der Waals surface area contributed by atoms with Crippen molar-refractivity contribution in [2.45, 2.75) is 98.3 Å². The molecule has 0 atom stereocenters. The first-order chi connectivity index (χ1) is 16.5. The maximum atomic E-state index is 9.50. The molecule has 188 valence electrons. The molecule has 0 N–H and O–H groups in total. The second-order valence-corrected chi connectivity index (χ2v) is 11.9. The molecule has 4 heteroatoms. The lowest BCUT2D eigenvalue weighted by Crippen LogP contribution is -2.25. The van der Waals surface area contributed by atoms with Crippen LogP contribution in [0.1, 0.15) is 114 Å². The Morgan fingerprint density at radius 3 is 2.09 bits per heavy atom. The largest absolute Gasteiger partial charge is 0.493 e. The number of rotatable bonds is 12. The van der Waals surface area contributed by atoms with Gasteiger partial charge in [0.05, 0.1) is 17.7 Å². The highest BCUT2D eigenvalue weighted by Gasteiger charge is 2.28. The molecule has 0 aromatic heterocycles. The van der Waals surface area contributed by atoms with Crippen LogP contribution in [0.3, 0.4) is 0 Å². The minimum atomic E-state index is -0.00289. The molecule has 0 bridgehead atoms. The molecule has 0 radical (unpaired) electrons. The molecule has 0 saturated heterocycles. The summed E-state index contributed by atoms with van der Waals surface area (Å²) in [7, 11) is 0. The summed E-state index contributed by atoms with van der Waals surface area (Å²) in [5.74, 6) is 0.868. The molecule has 35 heavy (non-hydrogen) atoms. The fraction of sp³-hybridized carbons (Fsp3) is 0.548. The monoisotopic (exact) mass is 492 g/mol. The van der Waals surface area contributed by atoms with E-state index in [1.165, 1.54) is 37.7 Å². The van der Waals surface area contributed by atoms with Gasteiger partial charge in [-0.15, -0.1) is 0 Å². The van der Waals surface area contributed by atoms with Gasteiger partial charge in [-0.3, -0.25) is 0 Å². The Morgan fingerprint density at radius 1 is 0.829 bits per heavy atom. The van der Waals surface area contributed by atoms with Gasteiger partial charge in [0.15, 0.2) is 0 Å². The van der Waals surface area contributed by atoms with Gasteiger partial charge in [0.25, 0.3) is 0 Å². The zero-order valence-electron chi connectivity index (χ0n) is 22.4. The maximum absolute atomic E-state index is 9.50. The van der Waals surface area contributed by atoms with E-state index in [0.717, 1.165) is 29.7 Å². The Bertz CT molecular complexity index is 1070. The summed E-state index contributed by atoms with van der Waals surface area (Å²) in [6.07, 6.45) is 8.91. The molecule has 0 aliphatic heterocycles. The van der Waals surface area contributed by atoms with Crippen molar-refractivity contribution >= 4 is 11.6 Å². The van der Waals surface area contributed by atoms with Gasteiger partial charge in [-0.2, -0.15) is 10.5 Å². The van der Waals surface area contributed by atoms with E-state index in [4.69, 9.17) is 16.3 Å². The van der Waals surface area contributed by atoms with E-state index in [0.29, 0.717) is 29.2 Å². The van der Waals surface area contributed by atoms with Crippen molar-refractivity contribution in [1.82, 2.24) is 0 Å². The predicted molar refractivity (Wildman–Crippen MR) is 146 cm³/mol. The lowest BCUT2D eigenvalue weighted by atomic mass is 9.72. The fourth-order valence-electron chi connectivity index (χ4n) is 4.92. The van der Waals surface area contributed by atoms with E-state index in [-0.39, 0.29) is 10.8 Å². The highest BCUT2D eigenvalue weighted by Crippen LogP contribution is 2.38. The third-order valence-corrected chi connectivity index (χ3v) is 6.73. The molecule has 0 fully saturated rings. The van der Waals surface area contributed by atoms with E-state index in [2.05, 4.69) is 71.9 Å². The van der Waals surface area contributed by atoms with Gasteiger partial charge >= 0.3 is 0 Å². The van der Waals surface area contributed by atoms with E-state index >= 15 is 0 Å². The second-order valence-electron chi connectivity index (χ2n) is 11.4. The summed E-state index contributed by atoms with van der Waals surface area (Å²) < 4.78 is 6.27. The van der Waals surface area contributed by atoms with Gasteiger partial charge in [0.2, 0.25) is 0 Å². The van der Waals surface area contributed by atoms with E-state index in [9.17, 15) is 10.5 Å². The minimum Gasteiger partial charge on any atom is -0.493 e. The number of nitriles is 2. The van der Waals surface area contributed by atoms with Gasteiger partial charge in [-0.1, -0.05) is 97.4 Å². The topological polar surface area (TPSA) is 56.8 Å². The lowest BCUT2D eigenvalue weighted by Gasteiger charge is -2.33. The average molecular weight is 493 g/mol. The lowest BCUT2D eigenvalue weighted by molar-refractivity contribution is 0.282. The summed E-state index contributed by atoms with van der Waals surface area (Å²) in [5, 5.41) is 19.3. The SMILES string of the molecule is CCCCCCCCOc1ccc(C(C)(C)CC(C)(C)C)cc1Cc1cc(C#N)c(C#N)cc1Cl. The molecule has 2 aromatic rings. The second kappa shape index (κ2) is 13.0. The van der Waals surface area contributed by atoms with Gasteiger partial charge in [0.1, 0.15) is 17.9 Å².